The Kier molecular flexibility index (Phi) is 4.90. The van der Waals surface area contributed by atoms with Crippen molar-refractivity contribution >= 4 is 12.0 Å². The van der Waals surface area contributed by atoms with E-state index in [0.29, 0.717) is 11.5 Å². The van der Waals surface area contributed by atoms with Gasteiger partial charge in [-0.1, -0.05) is 13.0 Å². The highest BCUT2D eigenvalue weighted by Crippen LogP contribution is 2.19. The molecule has 1 saturated heterocycles. The van der Waals surface area contributed by atoms with Crippen LogP contribution in [0.4, 0.5) is 4.39 Å². The van der Waals surface area contributed by atoms with Crippen molar-refractivity contribution in [3.8, 4) is 0 Å². The molecule has 1 aromatic carbocycles. The fraction of sp³-hybridized carbons (Fsp3) is 0.438. The van der Waals surface area contributed by atoms with Crippen LogP contribution in [0.5, 0.6) is 0 Å². The fourth-order valence-corrected chi connectivity index (χ4v) is 2.72. The van der Waals surface area contributed by atoms with Crippen LogP contribution in [0.2, 0.25) is 0 Å². The predicted octanol–water partition coefficient (Wildman–Crippen LogP) is 3.16. The molecule has 0 amide bonds. The molecule has 1 heterocycles. The number of halogens is 1. The normalized spacial score (nSPS) is 20.4. The van der Waals surface area contributed by atoms with Crippen LogP contribution in [-0.2, 0) is 11.3 Å². The quantitative estimate of drug-likeness (QED) is 0.859. The van der Waals surface area contributed by atoms with Crippen molar-refractivity contribution in [2.24, 2.45) is 5.92 Å². The van der Waals surface area contributed by atoms with Gasteiger partial charge in [-0.15, -0.1) is 0 Å². The Morgan fingerprint density at radius 1 is 1.50 bits per heavy atom. The van der Waals surface area contributed by atoms with Crippen LogP contribution in [0.3, 0.4) is 0 Å². The summed E-state index contributed by atoms with van der Waals surface area (Å²) < 4.78 is 13.6. The second-order valence-electron chi connectivity index (χ2n) is 5.55. The van der Waals surface area contributed by atoms with Gasteiger partial charge in [0.15, 0.2) is 0 Å². The molecule has 0 saturated carbocycles. The van der Waals surface area contributed by atoms with Crippen LogP contribution in [0.1, 0.15) is 30.9 Å². The van der Waals surface area contributed by atoms with Crippen LogP contribution in [0.15, 0.2) is 24.3 Å². The first-order chi connectivity index (χ1) is 9.52. The molecule has 1 aliphatic rings. The number of rotatable bonds is 4. The number of carboxylic acid groups (broad SMARTS) is 1. The van der Waals surface area contributed by atoms with Crippen LogP contribution < -0.4 is 0 Å². The maximum Gasteiger partial charge on any atom is 0.328 e. The molecule has 1 atom stereocenters. The lowest BCUT2D eigenvalue weighted by Crippen LogP contribution is -2.33. The lowest BCUT2D eigenvalue weighted by molar-refractivity contribution is -0.131. The molecular weight excluding hydrogens is 257 g/mol. The number of carboxylic acids is 1. The van der Waals surface area contributed by atoms with E-state index in [0.717, 1.165) is 31.3 Å². The molecule has 2 rings (SSSR count). The Hall–Kier alpha value is -1.68. The summed E-state index contributed by atoms with van der Waals surface area (Å²) in [6.07, 6.45) is 4.89. The molecule has 1 aromatic rings. The highest BCUT2D eigenvalue weighted by atomic mass is 19.1. The Balaban J connectivity index is 2.09. The summed E-state index contributed by atoms with van der Waals surface area (Å²) in [5.41, 5.74) is 1.48. The largest absolute Gasteiger partial charge is 0.478 e. The minimum atomic E-state index is -1.03. The number of piperidine rings is 1. The van der Waals surface area contributed by atoms with Crippen molar-refractivity contribution in [3.63, 3.8) is 0 Å². The fourth-order valence-electron chi connectivity index (χ4n) is 2.72. The van der Waals surface area contributed by atoms with Crippen molar-refractivity contribution in [3.05, 3.63) is 41.2 Å². The van der Waals surface area contributed by atoms with Gasteiger partial charge in [0.05, 0.1) is 0 Å². The first-order valence-corrected chi connectivity index (χ1v) is 6.96. The Bertz CT molecular complexity index is 513. The van der Waals surface area contributed by atoms with Crippen molar-refractivity contribution in [1.82, 2.24) is 4.90 Å². The molecule has 20 heavy (non-hydrogen) atoms. The van der Waals surface area contributed by atoms with E-state index in [1.807, 2.05) is 6.07 Å². The third-order valence-corrected chi connectivity index (χ3v) is 3.55. The summed E-state index contributed by atoms with van der Waals surface area (Å²) in [6, 6.07) is 4.72. The zero-order valence-corrected chi connectivity index (χ0v) is 11.7. The maximum atomic E-state index is 13.6. The highest BCUT2D eigenvalue weighted by Gasteiger charge is 2.16. The van der Waals surface area contributed by atoms with Crippen molar-refractivity contribution < 1.29 is 14.3 Å². The highest BCUT2D eigenvalue weighted by molar-refractivity contribution is 5.85. The molecule has 0 aliphatic carbocycles. The van der Waals surface area contributed by atoms with Crippen LogP contribution in [-0.4, -0.2) is 29.1 Å². The number of carbonyl (C=O) groups is 1. The first-order valence-electron chi connectivity index (χ1n) is 6.96. The van der Waals surface area contributed by atoms with Gasteiger partial charge >= 0.3 is 5.97 Å². The number of hydrogen-bond donors (Lipinski definition) is 1. The summed E-state index contributed by atoms with van der Waals surface area (Å²) in [6.45, 7) is 5.03. The minimum absolute atomic E-state index is 0.322. The summed E-state index contributed by atoms with van der Waals surface area (Å²) in [5, 5.41) is 8.61. The molecule has 0 aromatic heterocycles. The van der Waals surface area contributed by atoms with Gasteiger partial charge in [-0.2, -0.15) is 0 Å². The smallest absolute Gasteiger partial charge is 0.328 e. The lowest BCUT2D eigenvalue weighted by atomic mass is 9.99. The topological polar surface area (TPSA) is 40.5 Å². The van der Waals surface area contributed by atoms with Crippen LogP contribution >= 0.6 is 0 Å². The zero-order chi connectivity index (χ0) is 14.5. The van der Waals surface area contributed by atoms with Gasteiger partial charge in [0.1, 0.15) is 5.82 Å². The molecule has 1 unspecified atom stereocenters. The van der Waals surface area contributed by atoms with Crippen molar-refractivity contribution in [2.45, 2.75) is 26.3 Å². The monoisotopic (exact) mass is 277 g/mol. The summed E-state index contributed by atoms with van der Waals surface area (Å²) in [4.78, 5) is 12.8. The molecule has 1 aliphatic heterocycles. The SMILES string of the molecule is CC1CCCN(Cc2cc(F)cc(C=CC(=O)O)c2)C1. The van der Waals surface area contributed by atoms with Gasteiger partial charge in [0, 0.05) is 19.2 Å². The second kappa shape index (κ2) is 6.66. The molecule has 1 fully saturated rings. The molecule has 108 valence electrons. The average molecular weight is 277 g/mol. The van der Waals surface area contributed by atoms with Gasteiger partial charge in [-0.05, 0) is 54.6 Å². The van der Waals surface area contributed by atoms with Gasteiger partial charge in [-0.3, -0.25) is 4.90 Å². The molecule has 0 spiro atoms. The molecular formula is C16H20FNO2. The Labute approximate surface area is 118 Å². The third kappa shape index (κ3) is 4.46. The van der Waals surface area contributed by atoms with Gasteiger partial charge in [-0.25, -0.2) is 9.18 Å². The Morgan fingerprint density at radius 3 is 3.00 bits per heavy atom. The van der Waals surface area contributed by atoms with E-state index in [2.05, 4.69) is 11.8 Å². The second-order valence-corrected chi connectivity index (χ2v) is 5.55. The lowest BCUT2D eigenvalue weighted by Gasteiger charge is -2.30. The molecule has 3 nitrogen and oxygen atoms in total. The van der Waals surface area contributed by atoms with E-state index in [-0.39, 0.29) is 5.82 Å². The van der Waals surface area contributed by atoms with E-state index in [1.54, 1.807) is 0 Å². The van der Waals surface area contributed by atoms with E-state index in [4.69, 9.17) is 5.11 Å². The van der Waals surface area contributed by atoms with Crippen LogP contribution in [0.25, 0.3) is 6.08 Å². The van der Waals surface area contributed by atoms with Gasteiger partial charge in [0.25, 0.3) is 0 Å². The number of benzene rings is 1. The summed E-state index contributed by atoms with van der Waals surface area (Å²) in [7, 11) is 0. The number of hydrogen-bond acceptors (Lipinski definition) is 2. The van der Waals surface area contributed by atoms with Gasteiger partial charge < -0.3 is 5.11 Å². The van der Waals surface area contributed by atoms with Crippen LogP contribution in [0, 0.1) is 11.7 Å². The predicted molar refractivity (Wildman–Crippen MR) is 76.7 cm³/mol. The maximum absolute atomic E-state index is 13.6. The van der Waals surface area contributed by atoms with Crippen molar-refractivity contribution in [1.29, 1.82) is 0 Å². The molecule has 4 heteroatoms. The number of aliphatic carboxylic acids is 1. The first kappa shape index (κ1) is 14.7. The average Bonchev–Trinajstić information content (AvgIpc) is 2.35. The van der Waals surface area contributed by atoms with Gasteiger partial charge in [0.2, 0.25) is 0 Å². The van der Waals surface area contributed by atoms with E-state index in [1.165, 1.54) is 31.1 Å². The van der Waals surface area contributed by atoms with E-state index in [9.17, 15) is 9.18 Å². The molecule has 1 N–H and O–H groups in total. The molecule has 0 bridgehead atoms. The Morgan fingerprint density at radius 2 is 2.30 bits per heavy atom. The third-order valence-electron chi connectivity index (χ3n) is 3.55. The van der Waals surface area contributed by atoms with Crippen molar-refractivity contribution in [2.75, 3.05) is 13.1 Å². The molecule has 0 radical (unpaired) electrons. The standard InChI is InChI=1S/C16H20FNO2/c1-12-3-2-6-18(10-12)11-14-7-13(4-5-16(19)20)8-15(17)9-14/h4-5,7-9,12H,2-3,6,10-11H2,1H3,(H,19,20). The summed E-state index contributed by atoms with van der Waals surface area (Å²) in [5.74, 6) is -0.665. The van der Waals surface area contributed by atoms with E-state index >= 15 is 0 Å². The van der Waals surface area contributed by atoms with E-state index < -0.39 is 5.97 Å². The zero-order valence-electron chi connectivity index (χ0n) is 11.7. The number of likely N-dealkylation sites (tertiary alicyclic amines) is 1. The number of nitrogens with zero attached hydrogens (tertiary/aromatic N) is 1. The minimum Gasteiger partial charge on any atom is -0.478 e. The summed E-state index contributed by atoms with van der Waals surface area (Å²) >= 11 is 0.